The number of ether oxygens (including phenoxy) is 1. The molecule has 2 aromatic carbocycles. The molecule has 112 valence electrons. The fourth-order valence-corrected chi connectivity index (χ4v) is 3.31. The number of hydrogen-bond donors (Lipinski definition) is 0. The highest BCUT2D eigenvalue weighted by Gasteiger charge is 2.11. The average Bonchev–Trinajstić information content (AvgIpc) is 2.46. The lowest BCUT2D eigenvalue weighted by molar-refractivity contribution is 0.414. The van der Waals surface area contributed by atoms with Crippen molar-refractivity contribution < 1.29 is 9.13 Å². The van der Waals surface area contributed by atoms with Crippen LogP contribution in [0.1, 0.15) is 11.1 Å². The van der Waals surface area contributed by atoms with E-state index in [4.69, 9.17) is 4.74 Å². The van der Waals surface area contributed by atoms with Crippen LogP contribution in [0.3, 0.4) is 0 Å². The van der Waals surface area contributed by atoms with E-state index in [1.54, 1.807) is 13.2 Å². The first-order chi connectivity index (χ1) is 10.1. The molecule has 2 rings (SSSR count). The molecule has 0 bridgehead atoms. The van der Waals surface area contributed by atoms with Crippen molar-refractivity contribution in [1.82, 2.24) is 0 Å². The number of benzene rings is 2. The van der Waals surface area contributed by atoms with E-state index in [2.05, 4.69) is 44.0 Å². The molecule has 0 radical (unpaired) electrons. The molecule has 4 heteroatoms. The van der Waals surface area contributed by atoms with Gasteiger partial charge in [-0.3, -0.25) is 0 Å². The second-order valence-electron chi connectivity index (χ2n) is 5.05. The maximum Gasteiger partial charge on any atom is 0.124 e. The fraction of sp³-hybridized carbons (Fsp3) is 0.294. The molecular weight excluding hydrogens is 399 g/mol. The highest BCUT2D eigenvalue weighted by atomic mass is 79.9. The van der Waals surface area contributed by atoms with Crippen LogP contribution in [0, 0.1) is 11.7 Å². The first-order valence-corrected chi connectivity index (χ1v) is 8.66. The number of halogens is 3. The summed E-state index contributed by atoms with van der Waals surface area (Å²) >= 11 is 6.91. The van der Waals surface area contributed by atoms with Gasteiger partial charge in [-0.05, 0) is 60.2 Å². The molecular formula is C17H17Br2FO. The molecule has 0 saturated carbocycles. The van der Waals surface area contributed by atoms with Crippen LogP contribution in [0.4, 0.5) is 4.39 Å². The first kappa shape index (κ1) is 16.5. The lowest BCUT2D eigenvalue weighted by Crippen LogP contribution is -2.10. The monoisotopic (exact) mass is 414 g/mol. The zero-order valence-corrected chi connectivity index (χ0v) is 15.0. The second kappa shape index (κ2) is 7.95. The molecule has 0 saturated heterocycles. The van der Waals surface area contributed by atoms with Gasteiger partial charge in [0.25, 0.3) is 0 Å². The van der Waals surface area contributed by atoms with Gasteiger partial charge in [0.1, 0.15) is 11.6 Å². The second-order valence-corrected chi connectivity index (χ2v) is 6.62. The summed E-state index contributed by atoms with van der Waals surface area (Å²) in [5, 5.41) is 0.882. The van der Waals surface area contributed by atoms with Crippen molar-refractivity contribution in [2.24, 2.45) is 5.92 Å². The van der Waals surface area contributed by atoms with E-state index in [1.165, 1.54) is 11.6 Å². The van der Waals surface area contributed by atoms with Crippen LogP contribution in [0.15, 0.2) is 46.9 Å². The summed E-state index contributed by atoms with van der Waals surface area (Å²) in [6.45, 7) is 0. The van der Waals surface area contributed by atoms with Gasteiger partial charge >= 0.3 is 0 Å². The summed E-state index contributed by atoms with van der Waals surface area (Å²) in [5.74, 6) is 1.09. The molecule has 0 N–H and O–H groups in total. The molecule has 0 aliphatic rings. The number of methoxy groups -OCH3 is 1. The Balaban J connectivity index is 2.05. The van der Waals surface area contributed by atoms with Crippen LogP contribution in [-0.4, -0.2) is 12.4 Å². The summed E-state index contributed by atoms with van der Waals surface area (Å²) in [5.41, 5.74) is 2.27. The lowest BCUT2D eigenvalue weighted by atomic mass is 9.94. The van der Waals surface area contributed by atoms with Gasteiger partial charge in [-0.25, -0.2) is 4.39 Å². The summed E-state index contributed by atoms with van der Waals surface area (Å²) < 4.78 is 19.4. The number of alkyl halides is 1. The van der Waals surface area contributed by atoms with Gasteiger partial charge in [0.05, 0.1) is 7.11 Å². The molecule has 1 unspecified atom stereocenters. The van der Waals surface area contributed by atoms with Gasteiger partial charge in [0, 0.05) is 9.80 Å². The normalized spacial score (nSPS) is 12.2. The third kappa shape index (κ3) is 5.11. The molecule has 0 amide bonds. The van der Waals surface area contributed by atoms with Gasteiger partial charge in [-0.1, -0.05) is 44.0 Å². The molecule has 1 atom stereocenters. The largest absolute Gasteiger partial charge is 0.497 e. The lowest BCUT2D eigenvalue weighted by Gasteiger charge is -2.15. The quantitative estimate of drug-likeness (QED) is 0.574. The van der Waals surface area contributed by atoms with Crippen LogP contribution >= 0.6 is 31.9 Å². The Labute approximate surface area is 141 Å². The van der Waals surface area contributed by atoms with Gasteiger partial charge in [-0.15, -0.1) is 0 Å². The topological polar surface area (TPSA) is 9.23 Å². The Morgan fingerprint density at radius 1 is 1.05 bits per heavy atom. The molecule has 21 heavy (non-hydrogen) atoms. The molecule has 0 aromatic heterocycles. The SMILES string of the molecule is COc1ccc(CC(CBr)Cc2cc(F)cc(Br)c2)cc1. The Hall–Kier alpha value is -0.870. The standard InChI is InChI=1S/C17H17Br2FO/c1-21-17-4-2-12(3-5-17)6-14(11-18)7-13-8-15(19)10-16(20)9-13/h2-5,8-10,14H,6-7,11H2,1H3. The van der Waals surface area contributed by atoms with E-state index in [0.29, 0.717) is 5.92 Å². The number of rotatable bonds is 6. The van der Waals surface area contributed by atoms with Crippen LogP contribution in [0.5, 0.6) is 5.75 Å². The Bertz CT molecular complexity index is 564. The molecule has 2 aromatic rings. The number of hydrogen-bond acceptors (Lipinski definition) is 1. The highest BCUT2D eigenvalue weighted by Crippen LogP contribution is 2.22. The average molecular weight is 416 g/mol. The van der Waals surface area contributed by atoms with Gasteiger partial charge in [-0.2, -0.15) is 0 Å². The summed E-state index contributed by atoms with van der Waals surface area (Å²) in [7, 11) is 1.66. The molecule has 0 fully saturated rings. The zero-order valence-electron chi connectivity index (χ0n) is 11.8. The van der Waals surface area contributed by atoms with Crippen molar-refractivity contribution in [3.63, 3.8) is 0 Å². The zero-order chi connectivity index (χ0) is 15.2. The Morgan fingerprint density at radius 2 is 1.71 bits per heavy atom. The molecule has 1 nitrogen and oxygen atoms in total. The van der Waals surface area contributed by atoms with Gasteiger partial charge < -0.3 is 4.74 Å². The van der Waals surface area contributed by atoms with Crippen LogP contribution < -0.4 is 4.74 Å². The summed E-state index contributed by atoms with van der Waals surface area (Å²) in [6.07, 6.45) is 1.79. The maximum absolute atomic E-state index is 13.4. The third-order valence-electron chi connectivity index (χ3n) is 3.35. The van der Waals surface area contributed by atoms with Gasteiger partial charge in [0.2, 0.25) is 0 Å². The molecule has 0 aliphatic carbocycles. The predicted octanol–water partition coefficient (Wildman–Crippen LogP) is 5.39. The van der Waals surface area contributed by atoms with E-state index in [0.717, 1.165) is 34.0 Å². The van der Waals surface area contributed by atoms with Crippen molar-refractivity contribution in [2.45, 2.75) is 12.8 Å². The molecule has 0 spiro atoms. The van der Waals surface area contributed by atoms with Crippen molar-refractivity contribution in [2.75, 3.05) is 12.4 Å². The third-order valence-corrected chi connectivity index (χ3v) is 4.72. The first-order valence-electron chi connectivity index (χ1n) is 6.74. The minimum Gasteiger partial charge on any atom is -0.497 e. The van der Waals surface area contributed by atoms with Crippen molar-refractivity contribution in [1.29, 1.82) is 0 Å². The van der Waals surface area contributed by atoms with E-state index in [-0.39, 0.29) is 5.82 Å². The highest BCUT2D eigenvalue weighted by molar-refractivity contribution is 9.10. The van der Waals surface area contributed by atoms with Crippen molar-refractivity contribution in [3.8, 4) is 5.75 Å². The van der Waals surface area contributed by atoms with Crippen molar-refractivity contribution in [3.05, 3.63) is 63.9 Å². The Kier molecular flexibility index (Phi) is 6.24. The minimum atomic E-state index is -0.197. The fourth-order valence-electron chi connectivity index (χ4n) is 2.34. The van der Waals surface area contributed by atoms with E-state index in [9.17, 15) is 4.39 Å². The van der Waals surface area contributed by atoms with Gasteiger partial charge in [0.15, 0.2) is 0 Å². The van der Waals surface area contributed by atoms with E-state index >= 15 is 0 Å². The van der Waals surface area contributed by atoms with Crippen LogP contribution in [0.25, 0.3) is 0 Å². The van der Waals surface area contributed by atoms with E-state index in [1.807, 2.05) is 18.2 Å². The Morgan fingerprint density at radius 3 is 2.29 bits per heavy atom. The predicted molar refractivity (Wildman–Crippen MR) is 91.8 cm³/mol. The van der Waals surface area contributed by atoms with Crippen LogP contribution in [-0.2, 0) is 12.8 Å². The molecule has 0 aliphatic heterocycles. The molecule has 0 heterocycles. The smallest absolute Gasteiger partial charge is 0.124 e. The summed E-state index contributed by atoms with van der Waals surface area (Å²) in [6, 6.07) is 13.2. The van der Waals surface area contributed by atoms with E-state index < -0.39 is 0 Å². The maximum atomic E-state index is 13.4. The summed E-state index contributed by atoms with van der Waals surface area (Å²) in [4.78, 5) is 0. The van der Waals surface area contributed by atoms with Crippen molar-refractivity contribution >= 4 is 31.9 Å². The minimum absolute atomic E-state index is 0.197. The van der Waals surface area contributed by atoms with Crippen LogP contribution in [0.2, 0.25) is 0 Å².